The number of methoxy groups -OCH3 is 2. The maximum atomic E-state index is 13.1. The summed E-state index contributed by atoms with van der Waals surface area (Å²) in [6.45, 7) is -0.599. The van der Waals surface area contributed by atoms with Crippen LogP contribution in [-0.2, 0) is 9.47 Å². The Morgan fingerprint density at radius 2 is 2.05 bits per heavy atom. The van der Waals surface area contributed by atoms with Crippen LogP contribution in [0.15, 0.2) is 18.2 Å². The summed E-state index contributed by atoms with van der Waals surface area (Å²) in [5, 5.41) is 30.6. The van der Waals surface area contributed by atoms with Gasteiger partial charge in [0.15, 0.2) is 0 Å². The number of halogens is 1. The Morgan fingerprint density at radius 1 is 1.36 bits per heavy atom. The number of aliphatic hydroxyl groups excluding tert-OH is 2. The second kappa shape index (κ2) is 8.64. The van der Waals surface area contributed by atoms with Gasteiger partial charge in [0.25, 0.3) is 5.91 Å². The van der Waals surface area contributed by atoms with Crippen molar-refractivity contribution >= 4 is 5.91 Å². The Bertz CT molecular complexity index is 498. The Balaban J connectivity index is 2.73. The summed E-state index contributed by atoms with van der Waals surface area (Å²) in [5.74, 6) is -1.71. The van der Waals surface area contributed by atoms with Crippen LogP contribution in [0.25, 0.3) is 0 Å². The van der Waals surface area contributed by atoms with Crippen molar-refractivity contribution in [3.63, 3.8) is 0 Å². The second-order valence-corrected chi connectivity index (χ2v) is 4.60. The third-order valence-corrected chi connectivity index (χ3v) is 3.17. The second-order valence-electron chi connectivity index (χ2n) is 4.60. The number of carbonyl (C=O) groups is 1. The van der Waals surface area contributed by atoms with Gasteiger partial charge in [-0.25, -0.2) is 4.39 Å². The van der Waals surface area contributed by atoms with Crippen LogP contribution in [0.4, 0.5) is 4.39 Å². The first-order valence-electron chi connectivity index (χ1n) is 6.55. The summed E-state index contributed by atoms with van der Waals surface area (Å²) in [7, 11) is 2.68. The molecular formula is C14H20FNO6. The molecule has 1 aromatic rings. The number of hydrogen-bond donors (Lipinski definition) is 4. The number of nitrogens with one attached hydrogen (secondary N) is 1. The van der Waals surface area contributed by atoms with Gasteiger partial charge in [-0.1, -0.05) is 0 Å². The lowest BCUT2D eigenvalue weighted by molar-refractivity contribution is -0.105. The van der Waals surface area contributed by atoms with Gasteiger partial charge in [0, 0.05) is 20.8 Å². The number of carbonyl (C=O) groups excluding carboxylic acids is 1. The number of phenolic OH excluding ortho intramolecular Hbond substituents is 1. The summed E-state index contributed by atoms with van der Waals surface area (Å²) < 4.78 is 23.3. The molecule has 8 heteroatoms. The molecule has 0 aromatic heterocycles. The van der Waals surface area contributed by atoms with Crippen LogP contribution in [0.1, 0.15) is 10.4 Å². The van der Waals surface area contributed by atoms with E-state index >= 15 is 0 Å². The Hall–Kier alpha value is -1.74. The van der Waals surface area contributed by atoms with Gasteiger partial charge in [0.05, 0.1) is 12.2 Å². The monoisotopic (exact) mass is 317 g/mol. The molecule has 0 aliphatic carbocycles. The molecule has 124 valence electrons. The lowest BCUT2D eigenvalue weighted by Crippen LogP contribution is -2.47. The van der Waals surface area contributed by atoms with Gasteiger partial charge >= 0.3 is 0 Å². The summed E-state index contributed by atoms with van der Waals surface area (Å²) >= 11 is 0. The van der Waals surface area contributed by atoms with Crippen molar-refractivity contribution in [2.45, 2.75) is 18.3 Å². The highest BCUT2D eigenvalue weighted by molar-refractivity contribution is 5.96. The molecule has 0 radical (unpaired) electrons. The topological polar surface area (TPSA) is 108 Å². The third-order valence-electron chi connectivity index (χ3n) is 3.17. The van der Waals surface area contributed by atoms with E-state index in [1.54, 1.807) is 0 Å². The third kappa shape index (κ3) is 4.63. The maximum absolute atomic E-state index is 13.1. The van der Waals surface area contributed by atoms with Gasteiger partial charge in [0.1, 0.15) is 29.9 Å². The number of phenols is 1. The molecule has 0 aliphatic heterocycles. The quantitative estimate of drug-likeness (QED) is 0.522. The van der Waals surface area contributed by atoms with Gasteiger partial charge in [-0.05, 0) is 18.2 Å². The molecule has 3 atom stereocenters. The normalized spacial score (nSPS) is 15.1. The molecule has 22 heavy (non-hydrogen) atoms. The Morgan fingerprint density at radius 3 is 2.59 bits per heavy atom. The fourth-order valence-corrected chi connectivity index (χ4v) is 1.97. The maximum Gasteiger partial charge on any atom is 0.255 e. The van der Waals surface area contributed by atoms with Crippen molar-refractivity contribution in [3.8, 4) is 5.75 Å². The lowest BCUT2D eigenvalue weighted by atomic mass is 10.1. The van der Waals surface area contributed by atoms with E-state index in [4.69, 9.17) is 14.6 Å². The average molecular weight is 317 g/mol. The molecule has 0 heterocycles. The number of aromatic hydroxyl groups is 1. The standard InChI is InChI=1S/C14H20FNO6/c1-21-12(13(22-2)11(19)7-17)6-16-14(20)9-5-8(15)3-4-10(9)18/h3-5,11-13,17-19H,6-7H2,1-2H3,(H,16,20)/t11?,12-,13-/m1/s1. The van der Waals surface area contributed by atoms with Gasteiger partial charge in [-0.2, -0.15) is 0 Å². The van der Waals surface area contributed by atoms with Gasteiger partial charge in [-0.15, -0.1) is 0 Å². The Labute approximate surface area is 127 Å². The molecule has 1 amide bonds. The zero-order chi connectivity index (χ0) is 16.7. The van der Waals surface area contributed by atoms with Crippen molar-refractivity contribution in [1.82, 2.24) is 5.32 Å². The predicted molar refractivity (Wildman–Crippen MR) is 75.1 cm³/mol. The Kier molecular flexibility index (Phi) is 7.19. The molecular weight excluding hydrogens is 297 g/mol. The van der Waals surface area contributed by atoms with E-state index in [9.17, 15) is 19.4 Å². The first-order chi connectivity index (χ1) is 10.4. The summed E-state index contributed by atoms with van der Waals surface area (Å²) in [5.41, 5.74) is -0.216. The zero-order valence-electron chi connectivity index (χ0n) is 12.3. The van der Waals surface area contributed by atoms with E-state index in [1.165, 1.54) is 14.2 Å². The van der Waals surface area contributed by atoms with E-state index in [-0.39, 0.29) is 17.9 Å². The molecule has 0 saturated carbocycles. The molecule has 1 aromatic carbocycles. The van der Waals surface area contributed by atoms with Crippen LogP contribution in [0.2, 0.25) is 0 Å². The van der Waals surface area contributed by atoms with Gasteiger partial charge in [-0.3, -0.25) is 4.79 Å². The number of rotatable bonds is 8. The molecule has 0 saturated heterocycles. The summed E-state index contributed by atoms with van der Waals surface area (Å²) in [6, 6.07) is 3.01. The van der Waals surface area contributed by atoms with E-state index in [0.29, 0.717) is 0 Å². The molecule has 0 fully saturated rings. The van der Waals surface area contributed by atoms with Crippen LogP contribution in [-0.4, -0.2) is 66.9 Å². The lowest BCUT2D eigenvalue weighted by Gasteiger charge is -2.28. The number of amides is 1. The molecule has 1 rings (SSSR count). The van der Waals surface area contributed by atoms with Crippen LogP contribution in [0.3, 0.4) is 0 Å². The van der Waals surface area contributed by atoms with Crippen molar-refractivity contribution < 1.29 is 34.0 Å². The number of ether oxygens (including phenoxy) is 2. The smallest absolute Gasteiger partial charge is 0.255 e. The highest BCUT2D eigenvalue weighted by Gasteiger charge is 2.28. The summed E-state index contributed by atoms with van der Waals surface area (Å²) in [4.78, 5) is 11.9. The molecule has 0 aliphatic rings. The minimum absolute atomic E-state index is 0.0686. The largest absolute Gasteiger partial charge is 0.507 e. The van der Waals surface area contributed by atoms with E-state index in [1.807, 2.05) is 0 Å². The highest BCUT2D eigenvalue weighted by Crippen LogP contribution is 2.17. The van der Waals surface area contributed by atoms with Gasteiger partial charge < -0.3 is 30.1 Å². The molecule has 4 N–H and O–H groups in total. The van der Waals surface area contributed by atoms with E-state index in [2.05, 4.69) is 5.32 Å². The van der Waals surface area contributed by atoms with Crippen LogP contribution in [0, 0.1) is 5.82 Å². The van der Waals surface area contributed by atoms with Crippen molar-refractivity contribution in [2.24, 2.45) is 0 Å². The first kappa shape index (κ1) is 18.3. The number of hydrogen-bond acceptors (Lipinski definition) is 6. The fraction of sp³-hybridized carbons (Fsp3) is 0.500. The van der Waals surface area contributed by atoms with Crippen LogP contribution in [0.5, 0.6) is 5.75 Å². The fourth-order valence-electron chi connectivity index (χ4n) is 1.97. The molecule has 0 bridgehead atoms. The van der Waals surface area contributed by atoms with Crippen molar-refractivity contribution in [1.29, 1.82) is 0 Å². The van der Waals surface area contributed by atoms with Crippen LogP contribution < -0.4 is 5.32 Å². The van der Waals surface area contributed by atoms with Crippen molar-refractivity contribution in [3.05, 3.63) is 29.6 Å². The predicted octanol–water partition coefficient (Wildman–Crippen LogP) is -0.356. The van der Waals surface area contributed by atoms with E-state index < -0.39 is 36.6 Å². The minimum atomic E-state index is -1.19. The molecule has 1 unspecified atom stereocenters. The molecule has 7 nitrogen and oxygen atoms in total. The molecule has 0 spiro atoms. The number of benzene rings is 1. The number of aliphatic hydroxyl groups is 2. The van der Waals surface area contributed by atoms with E-state index in [0.717, 1.165) is 18.2 Å². The zero-order valence-corrected chi connectivity index (χ0v) is 12.3. The van der Waals surface area contributed by atoms with Crippen molar-refractivity contribution in [2.75, 3.05) is 27.4 Å². The minimum Gasteiger partial charge on any atom is -0.507 e. The summed E-state index contributed by atoms with van der Waals surface area (Å²) in [6.07, 6.45) is -2.79. The average Bonchev–Trinajstić information content (AvgIpc) is 2.52. The first-order valence-corrected chi connectivity index (χ1v) is 6.55. The van der Waals surface area contributed by atoms with Gasteiger partial charge in [0.2, 0.25) is 0 Å². The van der Waals surface area contributed by atoms with Crippen LogP contribution >= 0.6 is 0 Å². The highest BCUT2D eigenvalue weighted by atomic mass is 19.1. The SMILES string of the molecule is CO[C@H](C(O)CO)[C@@H](CNC(=O)c1cc(F)ccc1O)OC.